The van der Waals surface area contributed by atoms with E-state index in [2.05, 4.69) is 62.1 Å². The number of benzene rings is 2. The van der Waals surface area contributed by atoms with Gasteiger partial charge in [0.15, 0.2) is 0 Å². The summed E-state index contributed by atoms with van der Waals surface area (Å²) in [6.45, 7) is 7.87. The predicted octanol–water partition coefficient (Wildman–Crippen LogP) is 8.46. The highest BCUT2D eigenvalue weighted by Gasteiger charge is 2.45. The normalized spacial score (nSPS) is 17.3. The van der Waals surface area contributed by atoms with Crippen LogP contribution in [0.15, 0.2) is 48.5 Å². The van der Waals surface area contributed by atoms with Crippen molar-refractivity contribution >= 4 is 23.2 Å². The molecule has 0 radical (unpaired) electrons. The van der Waals surface area contributed by atoms with E-state index in [1.54, 1.807) is 0 Å². The molecular formula is C29H38Cl2N2. The zero-order valence-corrected chi connectivity index (χ0v) is 21.9. The Morgan fingerprint density at radius 1 is 1.03 bits per heavy atom. The Morgan fingerprint density at radius 2 is 1.67 bits per heavy atom. The number of nitriles is 1. The van der Waals surface area contributed by atoms with Crippen LogP contribution in [0.5, 0.6) is 0 Å². The third-order valence-corrected chi connectivity index (χ3v) is 8.27. The molecule has 2 aromatic carbocycles. The van der Waals surface area contributed by atoms with Gasteiger partial charge in [-0.2, -0.15) is 5.26 Å². The van der Waals surface area contributed by atoms with Gasteiger partial charge < -0.3 is 0 Å². The van der Waals surface area contributed by atoms with Gasteiger partial charge in [-0.15, -0.1) is 0 Å². The van der Waals surface area contributed by atoms with E-state index in [9.17, 15) is 5.26 Å². The molecule has 3 rings (SSSR count). The van der Waals surface area contributed by atoms with Crippen LogP contribution < -0.4 is 0 Å². The summed E-state index contributed by atoms with van der Waals surface area (Å²) in [6.07, 6.45) is 8.39. The molecule has 2 aromatic rings. The first-order valence-corrected chi connectivity index (χ1v) is 13.3. The molecule has 0 bridgehead atoms. The summed E-state index contributed by atoms with van der Waals surface area (Å²) in [4.78, 5) is 2.62. The van der Waals surface area contributed by atoms with E-state index in [1.165, 1.54) is 18.4 Å². The number of hydrogen-bond donors (Lipinski definition) is 0. The highest BCUT2D eigenvalue weighted by atomic mass is 35.5. The number of hydrogen-bond acceptors (Lipinski definition) is 2. The molecule has 2 nitrogen and oxygen atoms in total. The average Bonchev–Trinajstić information content (AvgIpc) is 3.35. The SMILES string of the molecule is CCC(CCC(C#N)(c1c(Cl)cccc1Cl)C1CCCC1)N(CCc1ccccc1)C(C)C. The molecule has 2 atom stereocenters. The maximum atomic E-state index is 10.6. The summed E-state index contributed by atoms with van der Waals surface area (Å²) >= 11 is 13.4. The Labute approximate surface area is 210 Å². The van der Waals surface area contributed by atoms with Crippen LogP contribution in [0.1, 0.15) is 76.8 Å². The van der Waals surface area contributed by atoms with Crippen molar-refractivity contribution in [1.29, 1.82) is 5.26 Å². The van der Waals surface area contributed by atoms with E-state index < -0.39 is 5.41 Å². The van der Waals surface area contributed by atoms with Crippen molar-refractivity contribution in [1.82, 2.24) is 4.90 Å². The summed E-state index contributed by atoms with van der Waals surface area (Å²) < 4.78 is 0. The maximum Gasteiger partial charge on any atom is 0.0879 e. The molecule has 1 aliphatic rings. The highest BCUT2D eigenvalue weighted by Crippen LogP contribution is 2.49. The van der Waals surface area contributed by atoms with Crippen molar-refractivity contribution in [2.24, 2.45) is 5.92 Å². The lowest BCUT2D eigenvalue weighted by molar-refractivity contribution is 0.132. The number of rotatable bonds is 11. The summed E-state index contributed by atoms with van der Waals surface area (Å²) in [5.41, 5.74) is 1.61. The number of halogens is 2. The third-order valence-electron chi connectivity index (χ3n) is 7.64. The minimum absolute atomic E-state index is 0.314. The second-order valence-electron chi connectivity index (χ2n) is 9.83. The minimum Gasteiger partial charge on any atom is -0.298 e. The van der Waals surface area contributed by atoms with Gasteiger partial charge in [0.05, 0.1) is 11.5 Å². The molecule has 0 aromatic heterocycles. The number of nitrogens with zero attached hydrogens (tertiary/aromatic N) is 2. The van der Waals surface area contributed by atoms with Gasteiger partial charge in [-0.05, 0) is 76.0 Å². The predicted molar refractivity (Wildman–Crippen MR) is 141 cm³/mol. The van der Waals surface area contributed by atoms with Crippen molar-refractivity contribution in [3.8, 4) is 6.07 Å². The monoisotopic (exact) mass is 484 g/mol. The van der Waals surface area contributed by atoms with Crippen LogP contribution in [-0.2, 0) is 11.8 Å². The zero-order chi connectivity index (χ0) is 23.8. The molecule has 0 N–H and O–H groups in total. The fourth-order valence-corrected chi connectivity index (χ4v) is 6.58. The van der Waals surface area contributed by atoms with Crippen LogP contribution in [0.2, 0.25) is 10.0 Å². The van der Waals surface area contributed by atoms with E-state index in [4.69, 9.17) is 23.2 Å². The van der Waals surface area contributed by atoms with Gasteiger partial charge >= 0.3 is 0 Å². The van der Waals surface area contributed by atoms with E-state index in [1.807, 2.05) is 18.2 Å². The van der Waals surface area contributed by atoms with Crippen molar-refractivity contribution in [3.05, 3.63) is 69.7 Å². The Balaban J connectivity index is 1.85. The largest absolute Gasteiger partial charge is 0.298 e. The second-order valence-corrected chi connectivity index (χ2v) is 10.6. The lowest BCUT2D eigenvalue weighted by atomic mass is 9.67. The zero-order valence-electron chi connectivity index (χ0n) is 20.4. The van der Waals surface area contributed by atoms with Gasteiger partial charge in [-0.25, -0.2) is 0 Å². The fraction of sp³-hybridized carbons (Fsp3) is 0.552. The molecule has 178 valence electrons. The van der Waals surface area contributed by atoms with Crippen molar-refractivity contribution < 1.29 is 0 Å². The quantitative estimate of drug-likeness (QED) is 0.319. The summed E-state index contributed by atoms with van der Waals surface area (Å²) in [7, 11) is 0. The van der Waals surface area contributed by atoms with Gasteiger partial charge in [0.1, 0.15) is 0 Å². The minimum atomic E-state index is -0.624. The molecule has 0 amide bonds. The van der Waals surface area contributed by atoms with Gasteiger partial charge in [-0.1, -0.05) is 79.4 Å². The molecule has 1 aliphatic carbocycles. The molecule has 0 spiro atoms. The van der Waals surface area contributed by atoms with Crippen LogP contribution >= 0.6 is 23.2 Å². The first-order chi connectivity index (χ1) is 15.9. The first-order valence-electron chi connectivity index (χ1n) is 12.6. The first kappa shape index (κ1) is 26.1. The van der Waals surface area contributed by atoms with Crippen LogP contribution in [0.3, 0.4) is 0 Å². The highest BCUT2D eigenvalue weighted by molar-refractivity contribution is 6.36. The second kappa shape index (κ2) is 12.3. The summed E-state index contributed by atoms with van der Waals surface area (Å²) in [5, 5.41) is 11.9. The van der Waals surface area contributed by atoms with Crippen LogP contribution in [-0.4, -0.2) is 23.5 Å². The maximum absolute atomic E-state index is 10.6. The summed E-state index contributed by atoms with van der Waals surface area (Å²) in [5.74, 6) is 0.314. The van der Waals surface area contributed by atoms with Crippen molar-refractivity contribution in [2.45, 2.75) is 89.6 Å². The molecule has 2 unspecified atom stereocenters. The van der Waals surface area contributed by atoms with Crippen LogP contribution in [0, 0.1) is 17.2 Å². The molecular weight excluding hydrogens is 447 g/mol. The van der Waals surface area contributed by atoms with Gasteiger partial charge in [0.2, 0.25) is 0 Å². The van der Waals surface area contributed by atoms with Gasteiger partial charge in [-0.3, -0.25) is 4.90 Å². The smallest absolute Gasteiger partial charge is 0.0879 e. The molecule has 0 heterocycles. The molecule has 1 fully saturated rings. The van der Waals surface area contributed by atoms with Crippen molar-refractivity contribution in [2.75, 3.05) is 6.54 Å². The fourth-order valence-electron chi connectivity index (χ4n) is 5.84. The van der Waals surface area contributed by atoms with E-state index >= 15 is 0 Å². The molecule has 1 saturated carbocycles. The average molecular weight is 486 g/mol. The Hall–Kier alpha value is -1.53. The standard InChI is InChI=1S/C29H38Cl2N2/c1-4-25(33(22(2)3)20-18-23-11-6-5-7-12-23)17-19-29(21-32,24-13-8-9-14-24)28-26(30)15-10-16-27(28)31/h5-7,10-12,15-16,22,24-25H,4,8-9,13-14,17-20H2,1-3H3. The molecule has 0 saturated heterocycles. The van der Waals surface area contributed by atoms with E-state index in [0.717, 1.165) is 50.6 Å². The van der Waals surface area contributed by atoms with E-state index in [-0.39, 0.29) is 0 Å². The van der Waals surface area contributed by atoms with Gasteiger partial charge in [0, 0.05) is 34.2 Å². The Morgan fingerprint density at radius 3 is 2.21 bits per heavy atom. The topological polar surface area (TPSA) is 27.0 Å². The lowest BCUT2D eigenvalue weighted by Crippen LogP contribution is -2.43. The third kappa shape index (κ3) is 6.13. The Kier molecular flexibility index (Phi) is 9.69. The summed E-state index contributed by atoms with van der Waals surface area (Å²) in [6, 6.07) is 20.0. The van der Waals surface area contributed by atoms with Crippen LogP contribution in [0.25, 0.3) is 0 Å². The Bertz CT molecular complexity index is 895. The van der Waals surface area contributed by atoms with Crippen molar-refractivity contribution in [3.63, 3.8) is 0 Å². The van der Waals surface area contributed by atoms with Gasteiger partial charge in [0.25, 0.3) is 0 Å². The lowest BCUT2D eigenvalue weighted by Gasteiger charge is -2.39. The molecule has 33 heavy (non-hydrogen) atoms. The molecule has 0 aliphatic heterocycles. The van der Waals surface area contributed by atoms with E-state index in [0.29, 0.717) is 28.0 Å². The van der Waals surface area contributed by atoms with Crippen LogP contribution in [0.4, 0.5) is 0 Å². The molecule has 4 heteroatoms.